The SMILES string of the molecule is [2H]C([2H])([2H])c1ccc(-c2cc[n+]3c(c2)-c2cc(-c4ccccc4)cc4c2C32Oc3c(cc(C(C)(C)C)cc3C(C)(C)C)C3N(c5ccc(C([2H])(C)C)cc5-c5ccccc5)c5cccc-4c5N32)cc1. The number of pyridine rings is 1. The summed E-state index contributed by atoms with van der Waals surface area (Å²) in [6, 6.07) is 55.9. The number of rotatable bonds is 5. The summed E-state index contributed by atoms with van der Waals surface area (Å²) in [5.41, 5.74) is 19.3. The number of benzene rings is 7. The zero-order valence-corrected chi connectivity index (χ0v) is 38.4. The van der Waals surface area contributed by atoms with E-state index < -0.39 is 18.6 Å². The minimum Gasteiger partial charge on any atom is -0.410 e. The summed E-state index contributed by atoms with van der Waals surface area (Å²) in [7, 11) is 0. The van der Waals surface area contributed by atoms with E-state index >= 15 is 0 Å². The standard InChI is InChI=1S/C61H56N3O/c1-37(2)42-27-28-52(47(31-42)41-19-14-11-15-20-41)63-53-22-16-21-46-48-32-44(39-17-12-10-13-18-39)33-49-54-34-43(40-25-23-38(3)24-26-40)29-30-62(54)61(55(48)49)64(56(46)53)58(63)50-35-45(59(4,5)6)36-51(57(50)65-61)60(7,8)9/h10-37,58H,1-9H3/q+1/i3D3,37D. The quantitative estimate of drug-likeness (QED) is 0.161. The number of hydrogen-bond donors (Lipinski definition) is 0. The third-order valence-corrected chi connectivity index (χ3v) is 14.2. The summed E-state index contributed by atoms with van der Waals surface area (Å²) < 4.78 is 43.9. The van der Waals surface area contributed by atoms with Crippen LogP contribution in [0.1, 0.15) is 106 Å². The van der Waals surface area contributed by atoms with Crippen LogP contribution in [0.15, 0.2) is 164 Å². The lowest BCUT2D eigenvalue weighted by molar-refractivity contribution is -0.774. The molecular weight excluding hydrogens is 791 g/mol. The molecule has 0 N–H and O–H groups in total. The number of nitrogens with zero attached hydrogens (tertiary/aromatic N) is 3. The van der Waals surface area contributed by atoms with Gasteiger partial charge >= 0.3 is 5.85 Å². The van der Waals surface area contributed by atoms with E-state index in [1.54, 1.807) is 12.1 Å². The largest absolute Gasteiger partial charge is 0.432 e. The van der Waals surface area contributed by atoms with E-state index in [1.165, 1.54) is 5.56 Å². The normalized spacial score (nSPS) is 18.7. The predicted molar refractivity (Wildman–Crippen MR) is 268 cm³/mol. The molecule has 4 aliphatic rings. The third-order valence-electron chi connectivity index (χ3n) is 14.2. The molecule has 65 heavy (non-hydrogen) atoms. The summed E-state index contributed by atoms with van der Waals surface area (Å²) in [6.45, 7) is 15.5. The van der Waals surface area contributed by atoms with Crippen molar-refractivity contribution in [3.8, 4) is 61.5 Å². The molecule has 7 aromatic carbocycles. The van der Waals surface area contributed by atoms with Gasteiger partial charge in [-0.1, -0.05) is 170 Å². The highest BCUT2D eigenvalue weighted by atomic mass is 16.5. The Morgan fingerprint density at radius 3 is 2.02 bits per heavy atom. The van der Waals surface area contributed by atoms with Gasteiger partial charge in [0.1, 0.15) is 17.5 Å². The lowest BCUT2D eigenvalue weighted by Gasteiger charge is -2.49. The second-order valence-electron chi connectivity index (χ2n) is 20.6. The Bertz CT molecular complexity index is 3420. The van der Waals surface area contributed by atoms with E-state index in [9.17, 15) is 1.37 Å². The summed E-state index contributed by atoms with van der Waals surface area (Å²) in [6.07, 6.45) is 1.82. The van der Waals surface area contributed by atoms with Crippen molar-refractivity contribution in [3.05, 3.63) is 197 Å². The zero-order valence-electron chi connectivity index (χ0n) is 42.4. The van der Waals surface area contributed by atoms with Crippen LogP contribution in [0.5, 0.6) is 5.75 Å². The fraction of sp³-hybridized carbons (Fsp3) is 0.230. The molecule has 4 aliphatic heterocycles. The minimum atomic E-state index is -2.19. The second kappa shape index (κ2) is 13.8. The molecule has 12 rings (SSSR count). The van der Waals surface area contributed by atoms with Crippen LogP contribution in [0.25, 0.3) is 55.8 Å². The van der Waals surface area contributed by atoms with E-state index in [0.29, 0.717) is 5.56 Å². The Morgan fingerprint density at radius 2 is 1.32 bits per heavy atom. The fourth-order valence-corrected chi connectivity index (χ4v) is 10.9. The van der Waals surface area contributed by atoms with Gasteiger partial charge in [0, 0.05) is 45.4 Å². The van der Waals surface area contributed by atoms with Crippen molar-refractivity contribution in [2.45, 2.75) is 91.0 Å². The fourth-order valence-electron chi connectivity index (χ4n) is 10.9. The maximum absolute atomic E-state index is 9.22. The average Bonchev–Trinajstić information content (AvgIpc) is 3.81. The van der Waals surface area contributed by atoms with Gasteiger partial charge in [0.25, 0.3) is 0 Å². The van der Waals surface area contributed by atoms with Crippen molar-refractivity contribution >= 4 is 17.1 Å². The molecule has 0 bridgehead atoms. The van der Waals surface area contributed by atoms with Gasteiger partial charge in [-0.25, -0.2) is 4.90 Å². The number of para-hydroxylation sites is 1. The molecule has 0 saturated carbocycles. The van der Waals surface area contributed by atoms with E-state index in [-0.39, 0.29) is 17.0 Å². The third kappa shape index (κ3) is 5.72. The number of hydrogen-bond acceptors (Lipinski definition) is 3. The van der Waals surface area contributed by atoms with Crippen molar-refractivity contribution in [3.63, 3.8) is 0 Å². The number of aryl methyl sites for hydroxylation is 1. The molecule has 2 atom stereocenters. The number of aromatic nitrogens is 1. The molecule has 1 aromatic heterocycles. The summed E-state index contributed by atoms with van der Waals surface area (Å²) in [5, 5.41) is 0. The van der Waals surface area contributed by atoms with Crippen LogP contribution in [0.2, 0.25) is 0 Å². The minimum absolute atomic E-state index is 0.162. The first kappa shape index (κ1) is 35.4. The number of anilines is 3. The maximum atomic E-state index is 9.22. The topological polar surface area (TPSA) is 19.6 Å². The summed E-state index contributed by atoms with van der Waals surface area (Å²) in [4.78, 5) is 5.14. The molecule has 320 valence electrons. The molecule has 1 spiro atoms. The smallest absolute Gasteiger partial charge is 0.410 e. The van der Waals surface area contributed by atoms with Crippen molar-refractivity contribution in [2.75, 3.05) is 9.80 Å². The van der Waals surface area contributed by atoms with Gasteiger partial charge in [0.05, 0.1) is 22.6 Å². The molecule has 4 heteroatoms. The second-order valence-corrected chi connectivity index (χ2v) is 20.6. The molecule has 0 aliphatic carbocycles. The molecular formula is C61H56N3O+. The lowest BCUT2D eigenvalue weighted by atomic mass is 9.77. The molecule has 2 unspecified atom stereocenters. The van der Waals surface area contributed by atoms with E-state index in [1.807, 2.05) is 26.0 Å². The van der Waals surface area contributed by atoms with Gasteiger partial charge in [-0.3, -0.25) is 0 Å². The van der Waals surface area contributed by atoms with Gasteiger partial charge in [0.15, 0.2) is 6.20 Å². The Morgan fingerprint density at radius 1 is 0.615 bits per heavy atom. The van der Waals surface area contributed by atoms with Crippen LogP contribution in [0.4, 0.5) is 17.1 Å². The zero-order chi connectivity index (χ0) is 48.2. The molecule has 0 amide bonds. The first-order valence-electron chi connectivity index (χ1n) is 24.9. The van der Waals surface area contributed by atoms with Crippen LogP contribution in [0.3, 0.4) is 0 Å². The van der Waals surface area contributed by atoms with Crippen molar-refractivity contribution < 1.29 is 14.8 Å². The van der Waals surface area contributed by atoms with Gasteiger partial charge in [-0.05, 0) is 98.9 Å². The first-order chi connectivity index (χ1) is 32.7. The van der Waals surface area contributed by atoms with Crippen LogP contribution in [-0.4, -0.2) is 0 Å². The highest BCUT2D eigenvalue weighted by Crippen LogP contribution is 2.68. The highest BCUT2D eigenvalue weighted by Gasteiger charge is 2.70. The van der Waals surface area contributed by atoms with E-state index in [4.69, 9.17) is 8.85 Å². The van der Waals surface area contributed by atoms with Gasteiger partial charge < -0.3 is 9.64 Å². The summed E-state index contributed by atoms with van der Waals surface area (Å²) >= 11 is 0. The van der Waals surface area contributed by atoms with Crippen LogP contribution >= 0.6 is 0 Å². The van der Waals surface area contributed by atoms with Crippen LogP contribution in [0, 0.1) is 6.85 Å². The maximum Gasteiger partial charge on any atom is 0.432 e. The molecule has 0 radical (unpaired) electrons. The molecule has 0 saturated heterocycles. The van der Waals surface area contributed by atoms with Crippen molar-refractivity contribution in [2.24, 2.45) is 0 Å². The molecule has 8 aromatic rings. The molecule has 4 nitrogen and oxygen atoms in total. The summed E-state index contributed by atoms with van der Waals surface area (Å²) in [5.74, 6) is -1.11. The van der Waals surface area contributed by atoms with Gasteiger partial charge in [0.2, 0.25) is 5.69 Å². The van der Waals surface area contributed by atoms with Gasteiger partial charge in [-0.15, -0.1) is 4.57 Å². The number of fused-ring (bicyclic) bond motifs is 5. The van der Waals surface area contributed by atoms with E-state index in [0.717, 1.165) is 101 Å². The van der Waals surface area contributed by atoms with Crippen molar-refractivity contribution in [1.82, 2.24) is 0 Å². The Hall–Kier alpha value is -6.91. The number of ether oxygens (including phenoxy) is 1. The lowest BCUT2D eigenvalue weighted by Crippen LogP contribution is -2.71. The Kier molecular flexibility index (Phi) is 7.52. The average molecular weight is 851 g/mol. The molecule has 0 fully saturated rings. The van der Waals surface area contributed by atoms with Crippen LogP contribution < -0.4 is 19.1 Å². The van der Waals surface area contributed by atoms with E-state index in [2.05, 4.69) is 196 Å². The molecule has 5 heterocycles. The predicted octanol–water partition coefficient (Wildman–Crippen LogP) is 15.4. The first-order valence-corrected chi connectivity index (χ1v) is 22.9. The van der Waals surface area contributed by atoms with Crippen LogP contribution in [-0.2, 0) is 16.7 Å². The van der Waals surface area contributed by atoms with Crippen molar-refractivity contribution in [1.29, 1.82) is 0 Å². The highest BCUT2D eigenvalue weighted by molar-refractivity contribution is 6.03. The Labute approximate surface area is 390 Å². The Balaban J connectivity index is 1.22. The monoisotopic (exact) mass is 850 g/mol. The van der Waals surface area contributed by atoms with Gasteiger partial charge in [-0.2, -0.15) is 0 Å².